The molecule has 2 fully saturated rings. The van der Waals surface area contributed by atoms with Gasteiger partial charge in [-0.1, -0.05) is 19.3 Å². The van der Waals surface area contributed by atoms with E-state index >= 15 is 0 Å². The third-order valence-electron chi connectivity index (χ3n) is 5.73. The van der Waals surface area contributed by atoms with Crippen LogP contribution in [-0.2, 0) is 4.74 Å². The fourth-order valence-corrected chi connectivity index (χ4v) is 4.49. The number of ether oxygens (including phenoxy) is 1. The molecule has 2 aliphatic carbocycles. The van der Waals surface area contributed by atoms with Gasteiger partial charge in [-0.15, -0.1) is 0 Å². The number of amides is 1. The van der Waals surface area contributed by atoms with Gasteiger partial charge in [-0.05, 0) is 32.3 Å². The molecular formula is C18H26N2O3. The van der Waals surface area contributed by atoms with E-state index in [4.69, 9.17) is 4.74 Å². The Morgan fingerprint density at radius 1 is 1.39 bits per heavy atom. The maximum absolute atomic E-state index is 12.8. The van der Waals surface area contributed by atoms with Crippen LogP contribution < -0.4 is 4.73 Å². The topological polar surface area (TPSA) is 56.5 Å². The lowest BCUT2D eigenvalue weighted by Crippen LogP contribution is -2.66. The Balaban J connectivity index is 1.80. The van der Waals surface area contributed by atoms with Crippen LogP contribution in [0.5, 0.6) is 0 Å². The molecule has 1 aromatic heterocycles. The number of hydrogen-bond acceptors (Lipinski definition) is 3. The van der Waals surface area contributed by atoms with Gasteiger partial charge in [0.1, 0.15) is 0 Å². The van der Waals surface area contributed by atoms with Crippen molar-refractivity contribution >= 4 is 5.91 Å². The van der Waals surface area contributed by atoms with Crippen molar-refractivity contribution in [3.63, 3.8) is 0 Å². The molecule has 0 bridgehead atoms. The number of carbonyl (C=O) groups is 1. The van der Waals surface area contributed by atoms with Crippen LogP contribution in [0.2, 0.25) is 0 Å². The predicted molar refractivity (Wildman–Crippen MR) is 86.8 cm³/mol. The Morgan fingerprint density at radius 3 is 2.78 bits per heavy atom. The van der Waals surface area contributed by atoms with Crippen LogP contribution >= 0.6 is 0 Å². The first-order chi connectivity index (χ1) is 11.1. The number of hydrogen-bond donors (Lipinski definition) is 0. The minimum Gasteiger partial charge on any atom is -0.618 e. The molecule has 2 aliphatic rings. The molecule has 126 valence electrons. The van der Waals surface area contributed by atoms with Gasteiger partial charge in [0.2, 0.25) is 0 Å². The van der Waals surface area contributed by atoms with Crippen LogP contribution in [0.1, 0.15) is 55.9 Å². The first-order valence-corrected chi connectivity index (χ1v) is 8.67. The molecule has 0 radical (unpaired) electrons. The molecule has 1 amide bonds. The number of rotatable bonds is 4. The summed E-state index contributed by atoms with van der Waals surface area (Å²) in [6.07, 6.45) is 8.42. The second kappa shape index (κ2) is 6.48. The highest BCUT2D eigenvalue weighted by Crippen LogP contribution is 2.55. The predicted octanol–water partition coefficient (Wildman–Crippen LogP) is 2.52. The normalized spacial score (nSPS) is 25.8. The molecule has 5 heteroatoms. The smallest absolute Gasteiger partial charge is 0.319 e. The summed E-state index contributed by atoms with van der Waals surface area (Å²) in [6, 6.07) is 5.14. The third kappa shape index (κ3) is 2.71. The van der Waals surface area contributed by atoms with E-state index in [9.17, 15) is 10.0 Å². The minimum atomic E-state index is -0.189. The van der Waals surface area contributed by atoms with Gasteiger partial charge in [-0.3, -0.25) is 4.79 Å². The zero-order valence-corrected chi connectivity index (χ0v) is 14.0. The highest BCUT2D eigenvalue weighted by atomic mass is 16.5. The molecule has 0 N–H and O–H groups in total. The number of carbonyl (C=O) groups excluding carboxylic acids is 1. The molecule has 23 heavy (non-hydrogen) atoms. The SMILES string of the molecule is CCOC1CC(N(C)C(=O)c2cccc[n+]2[O-])C12CCCCC2. The van der Waals surface area contributed by atoms with Crippen LogP contribution in [0.15, 0.2) is 24.4 Å². The molecule has 5 nitrogen and oxygen atoms in total. The third-order valence-corrected chi connectivity index (χ3v) is 5.73. The van der Waals surface area contributed by atoms with Crippen molar-refractivity contribution < 1.29 is 14.3 Å². The molecule has 1 spiro atoms. The van der Waals surface area contributed by atoms with Gasteiger partial charge >= 0.3 is 5.91 Å². The van der Waals surface area contributed by atoms with Gasteiger partial charge in [-0.25, -0.2) is 0 Å². The highest BCUT2D eigenvalue weighted by molar-refractivity contribution is 5.91. The van der Waals surface area contributed by atoms with Gasteiger partial charge in [0, 0.05) is 37.2 Å². The summed E-state index contributed by atoms with van der Waals surface area (Å²) in [5.41, 5.74) is 0.280. The van der Waals surface area contributed by atoms with Crippen molar-refractivity contribution in [3.05, 3.63) is 35.3 Å². The minimum absolute atomic E-state index is 0.0845. The Bertz CT molecular complexity index is 569. The Labute approximate surface area is 137 Å². The van der Waals surface area contributed by atoms with E-state index in [-0.39, 0.29) is 29.2 Å². The van der Waals surface area contributed by atoms with Gasteiger partial charge < -0.3 is 14.8 Å². The maximum atomic E-state index is 12.8. The van der Waals surface area contributed by atoms with E-state index in [1.807, 2.05) is 14.0 Å². The van der Waals surface area contributed by atoms with Crippen LogP contribution in [-0.4, -0.2) is 36.6 Å². The van der Waals surface area contributed by atoms with Gasteiger partial charge in [-0.2, -0.15) is 4.73 Å². The molecule has 1 heterocycles. The van der Waals surface area contributed by atoms with Gasteiger partial charge in [0.15, 0.2) is 6.20 Å². The van der Waals surface area contributed by atoms with E-state index in [0.717, 1.165) is 25.9 Å². The molecule has 0 aliphatic heterocycles. The average Bonchev–Trinajstić information content (AvgIpc) is 2.58. The van der Waals surface area contributed by atoms with Gasteiger partial charge in [0.25, 0.3) is 5.69 Å². The summed E-state index contributed by atoms with van der Waals surface area (Å²) in [5, 5.41) is 11.9. The molecule has 2 unspecified atom stereocenters. The Morgan fingerprint density at radius 2 is 2.13 bits per heavy atom. The molecule has 0 saturated heterocycles. The zero-order valence-electron chi connectivity index (χ0n) is 14.0. The summed E-state index contributed by atoms with van der Waals surface area (Å²) in [5.74, 6) is -0.189. The summed E-state index contributed by atoms with van der Waals surface area (Å²) >= 11 is 0. The number of aromatic nitrogens is 1. The number of pyridine rings is 1. The first-order valence-electron chi connectivity index (χ1n) is 8.67. The average molecular weight is 318 g/mol. The maximum Gasteiger partial charge on any atom is 0.319 e. The van der Waals surface area contributed by atoms with Crippen LogP contribution in [0.3, 0.4) is 0 Å². The second-order valence-corrected chi connectivity index (χ2v) is 6.82. The summed E-state index contributed by atoms with van der Waals surface area (Å²) in [4.78, 5) is 14.5. The van der Waals surface area contributed by atoms with Gasteiger partial charge in [0.05, 0.1) is 6.10 Å². The zero-order chi connectivity index (χ0) is 16.4. The number of nitrogens with zero attached hydrogens (tertiary/aromatic N) is 2. The molecule has 2 atom stereocenters. The van der Waals surface area contributed by atoms with Crippen LogP contribution in [0.25, 0.3) is 0 Å². The van der Waals surface area contributed by atoms with E-state index in [1.54, 1.807) is 23.1 Å². The molecular weight excluding hydrogens is 292 g/mol. The van der Waals surface area contributed by atoms with Crippen molar-refractivity contribution in [2.75, 3.05) is 13.7 Å². The fourth-order valence-electron chi connectivity index (χ4n) is 4.49. The van der Waals surface area contributed by atoms with Crippen LogP contribution in [0, 0.1) is 10.6 Å². The Kier molecular flexibility index (Phi) is 4.57. The van der Waals surface area contributed by atoms with Crippen LogP contribution in [0.4, 0.5) is 0 Å². The lowest BCUT2D eigenvalue weighted by molar-refractivity contribution is -0.608. The van der Waals surface area contributed by atoms with Crippen molar-refractivity contribution in [2.24, 2.45) is 5.41 Å². The van der Waals surface area contributed by atoms with Crippen molar-refractivity contribution in [1.29, 1.82) is 0 Å². The highest BCUT2D eigenvalue weighted by Gasteiger charge is 2.58. The molecule has 1 aromatic rings. The van der Waals surface area contributed by atoms with Crippen molar-refractivity contribution in [1.82, 2.24) is 4.90 Å². The van der Waals surface area contributed by atoms with E-state index < -0.39 is 0 Å². The lowest BCUT2D eigenvalue weighted by Gasteiger charge is -2.59. The summed E-state index contributed by atoms with van der Waals surface area (Å²) < 4.78 is 6.61. The standard InChI is InChI=1S/C18H26N2O3/c1-3-23-16-13-15(18(16)10-6-4-7-11-18)19(2)17(21)14-9-5-8-12-20(14)22/h5,8-9,12,15-16H,3-4,6-7,10-11,13H2,1-2H3. The Hall–Kier alpha value is -1.62. The first kappa shape index (κ1) is 16.2. The quantitative estimate of drug-likeness (QED) is 0.633. The lowest BCUT2D eigenvalue weighted by atomic mass is 9.54. The largest absolute Gasteiger partial charge is 0.618 e. The van der Waals surface area contributed by atoms with E-state index in [1.165, 1.54) is 25.5 Å². The summed E-state index contributed by atoms with van der Waals surface area (Å²) in [6.45, 7) is 2.75. The van der Waals surface area contributed by atoms with Crippen molar-refractivity contribution in [3.8, 4) is 0 Å². The molecule has 0 aromatic carbocycles. The molecule has 2 saturated carbocycles. The summed E-state index contributed by atoms with van der Waals surface area (Å²) in [7, 11) is 1.83. The van der Waals surface area contributed by atoms with E-state index in [0.29, 0.717) is 4.73 Å². The second-order valence-electron chi connectivity index (χ2n) is 6.82. The fraction of sp³-hybridized carbons (Fsp3) is 0.667. The molecule has 3 rings (SSSR count). The van der Waals surface area contributed by atoms with E-state index in [2.05, 4.69) is 0 Å². The van der Waals surface area contributed by atoms with Crippen molar-refractivity contribution in [2.45, 2.75) is 57.6 Å². The monoisotopic (exact) mass is 318 g/mol.